The first-order valence-corrected chi connectivity index (χ1v) is 8.83. The van der Waals surface area contributed by atoms with Crippen LogP contribution in [-0.4, -0.2) is 30.9 Å². The molecule has 21 heavy (non-hydrogen) atoms. The minimum atomic E-state index is -0.389. The molecule has 0 aromatic carbocycles. The van der Waals surface area contributed by atoms with Crippen LogP contribution in [0.25, 0.3) is 0 Å². The zero-order valence-electron chi connectivity index (χ0n) is 13.1. The average molecular weight is 295 g/mol. The quantitative estimate of drug-likeness (QED) is 0.866. The summed E-state index contributed by atoms with van der Waals surface area (Å²) in [4.78, 5) is 12.2. The van der Waals surface area contributed by atoms with E-state index in [9.17, 15) is 4.79 Å². The number of amides is 1. The van der Waals surface area contributed by atoms with Crippen LogP contribution in [0.3, 0.4) is 0 Å². The maximum Gasteiger partial charge on any atom is 0.220 e. The van der Waals surface area contributed by atoms with Crippen LogP contribution in [0.5, 0.6) is 0 Å². The first kappa shape index (κ1) is 15.3. The molecule has 2 saturated carbocycles. The number of carbonyl (C=O) groups excluding carboxylic acids is 1. The van der Waals surface area contributed by atoms with Crippen molar-refractivity contribution in [2.24, 2.45) is 5.92 Å². The van der Waals surface area contributed by atoms with E-state index in [1.54, 1.807) is 0 Å². The Morgan fingerprint density at radius 1 is 1.05 bits per heavy atom. The molecule has 1 aliphatic heterocycles. The Hall–Kier alpha value is -0.610. The molecular formula is C17H29NO3. The fourth-order valence-corrected chi connectivity index (χ4v) is 4.19. The van der Waals surface area contributed by atoms with Gasteiger partial charge in [-0.3, -0.25) is 4.79 Å². The lowest BCUT2D eigenvalue weighted by molar-refractivity contribution is -0.182. The van der Waals surface area contributed by atoms with Gasteiger partial charge in [0.25, 0.3) is 0 Å². The van der Waals surface area contributed by atoms with Crippen LogP contribution < -0.4 is 5.32 Å². The van der Waals surface area contributed by atoms with Gasteiger partial charge in [0.15, 0.2) is 5.79 Å². The van der Waals surface area contributed by atoms with Gasteiger partial charge < -0.3 is 14.8 Å². The van der Waals surface area contributed by atoms with E-state index in [1.807, 2.05) is 0 Å². The summed E-state index contributed by atoms with van der Waals surface area (Å²) in [5.41, 5.74) is 0. The van der Waals surface area contributed by atoms with Crippen molar-refractivity contribution in [1.82, 2.24) is 5.32 Å². The van der Waals surface area contributed by atoms with E-state index in [1.165, 1.54) is 32.1 Å². The van der Waals surface area contributed by atoms with Crippen molar-refractivity contribution in [2.45, 2.75) is 82.5 Å². The normalized spacial score (nSPS) is 29.6. The number of ether oxygens (including phenoxy) is 2. The highest BCUT2D eigenvalue weighted by molar-refractivity contribution is 5.76. The third-order valence-corrected chi connectivity index (χ3v) is 5.35. The Bertz CT molecular complexity index is 346. The van der Waals surface area contributed by atoms with Gasteiger partial charge in [-0.1, -0.05) is 32.1 Å². The highest BCUT2D eigenvalue weighted by Crippen LogP contribution is 2.35. The molecule has 3 rings (SSSR count). The summed E-state index contributed by atoms with van der Waals surface area (Å²) in [5.74, 6) is 0.615. The molecule has 2 aliphatic carbocycles. The van der Waals surface area contributed by atoms with Crippen molar-refractivity contribution in [3.63, 3.8) is 0 Å². The molecule has 1 amide bonds. The lowest BCUT2D eigenvalue weighted by atomic mass is 9.86. The van der Waals surface area contributed by atoms with Gasteiger partial charge >= 0.3 is 0 Å². The Labute approximate surface area is 127 Å². The summed E-state index contributed by atoms with van der Waals surface area (Å²) < 4.78 is 11.5. The summed E-state index contributed by atoms with van der Waals surface area (Å²) in [5, 5.41) is 3.21. The summed E-state index contributed by atoms with van der Waals surface area (Å²) >= 11 is 0. The van der Waals surface area contributed by atoms with E-state index in [2.05, 4.69) is 5.32 Å². The Balaban J connectivity index is 1.39. The number of rotatable bonds is 4. The smallest absolute Gasteiger partial charge is 0.220 e. The van der Waals surface area contributed by atoms with Crippen LogP contribution in [-0.2, 0) is 14.3 Å². The van der Waals surface area contributed by atoms with E-state index in [4.69, 9.17) is 9.47 Å². The Kier molecular flexibility index (Phi) is 5.17. The second-order valence-electron chi connectivity index (χ2n) is 7.01. The van der Waals surface area contributed by atoms with E-state index >= 15 is 0 Å². The van der Waals surface area contributed by atoms with Gasteiger partial charge in [-0.15, -0.1) is 0 Å². The van der Waals surface area contributed by atoms with Gasteiger partial charge in [-0.2, -0.15) is 0 Å². The average Bonchev–Trinajstić information content (AvgIpc) is 2.94. The molecule has 1 spiro atoms. The molecular weight excluding hydrogens is 266 g/mol. The summed E-state index contributed by atoms with van der Waals surface area (Å²) in [6, 6.07) is 0.232. The standard InChI is InChI=1S/C17H29NO3/c19-16(9-8-14-5-2-1-3-6-14)18-15-7-4-10-17(13-15)20-11-12-21-17/h14-15H,1-13H2,(H,18,19). The minimum absolute atomic E-state index is 0.223. The first-order chi connectivity index (χ1) is 10.3. The van der Waals surface area contributed by atoms with Gasteiger partial charge in [0.2, 0.25) is 5.91 Å². The van der Waals surface area contributed by atoms with Gasteiger partial charge in [-0.25, -0.2) is 0 Å². The highest BCUT2D eigenvalue weighted by atomic mass is 16.7. The van der Waals surface area contributed by atoms with Gasteiger partial charge in [0, 0.05) is 25.3 Å². The third-order valence-electron chi connectivity index (χ3n) is 5.35. The molecule has 1 saturated heterocycles. The lowest BCUT2D eigenvalue weighted by Gasteiger charge is -2.36. The van der Waals surface area contributed by atoms with Gasteiger partial charge in [0.1, 0.15) is 0 Å². The third kappa shape index (κ3) is 4.19. The van der Waals surface area contributed by atoms with Crippen molar-refractivity contribution >= 4 is 5.91 Å². The minimum Gasteiger partial charge on any atom is -0.353 e. The van der Waals surface area contributed by atoms with Crippen molar-refractivity contribution in [3.05, 3.63) is 0 Å². The molecule has 1 unspecified atom stereocenters. The fraction of sp³-hybridized carbons (Fsp3) is 0.941. The van der Waals surface area contributed by atoms with Crippen molar-refractivity contribution in [1.29, 1.82) is 0 Å². The maximum atomic E-state index is 12.2. The molecule has 120 valence electrons. The van der Waals surface area contributed by atoms with E-state index in [0.29, 0.717) is 19.6 Å². The predicted molar refractivity (Wildman–Crippen MR) is 80.8 cm³/mol. The van der Waals surface area contributed by atoms with Gasteiger partial charge in [-0.05, 0) is 25.2 Å². The van der Waals surface area contributed by atoms with Crippen LogP contribution in [0, 0.1) is 5.92 Å². The Morgan fingerprint density at radius 3 is 2.57 bits per heavy atom. The number of hydrogen-bond donors (Lipinski definition) is 1. The zero-order chi connectivity index (χ0) is 14.5. The second kappa shape index (κ2) is 7.10. The molecule has 1 N–H and O–H groups in total. The Morgan fingerprint density at radius 2 is 1.81 bits per heavy atom. The fourth-order valence-electron chi connectivity index (χ4n) is 4.19. The van der Waals surface area contributed by atoms with Crippen molar-refractivity contribution in [2.75, 3.05) is 13.2 Å². The lowest BCUT2D eigenvalue weighted by Crippen LogP contribution is -2.46. The largest absolute Gasteiger partial charge is 0.353 e. The SMILES string of the molecule is O=C(CCC1CCCCC1)NC1CCCC2(C1)OCCO2. The molecule has 3 fully saturated rings. The van der Waals surface area contributed by atoms with Crippen LogP contribution >= 0.6 is 0 Å². The van der Waals surface area contributed by atoms with Crippen LogP contribution in [0.1, 0.15) is 70.6 Å². The first-order valence-electron chi connectivity index (χ1n) is 8.83. The molecule has 0 radical (unpaired) electrons. The molecule has 0 bridgehead atoms. The number of hydrogen-bond acceptors (Lipinski definition) is 3. The monoisotopic (exact) mass is 295 g/mol. The molecule has 1 atom stereocenters. The topological polar surface area (TPSA) is 47.6 Å². The molecule has 3 aliphatic rings. The van der Waals surface area contributed by atoms with Crippen molar-refractivity contribution < 1.29 is 14.3 Å². The van der Waals surface area contributed by atoms with E-state index < -0.39 is 0 Å². The molecule has 0 aromatic heterocycles. The van der Waals surface area contributed by atoms with E-state index in [0.717, 1.165) is 38.0 Å². The van der Waals surface area contributed by atoms with Crippen LogP contribution in [0.4, 0.5) is 0 Å². The number of nitrogens with one attached hydrogen (secondary N) is 1. The van der Waals surface area contributed by atoms with Crippen LogP contribution in [0.15, 0.2) is 0 Å². The zero-order valence-corrected chi connectivity index (χ0v) is 13.1. The summed E-state index contributed by atoms with van der Waals surface area (Å²) in [6.45, 7) is 1.39. The molecule has 4 nitrogen and oxygen atoms in total. The molecule has 0 aromatic rings. The second-order valence-corrected chi connectivity index (χ2v) is 7.01. The summed E-state index contributed by atoms with van der Waals surface area (Å²) in [7, 11) is 0. The van der Waals surface area contributed by atoms with Crippen LogP contribution in [0.2, 0.25) is 0 Å². The predicted octanol–water partition coefficient (Wildman–Crippen LogP) is 3.15. The van der Waals surface area contributed by atoms with Gasteiger partial charge in [0.05, 0.1) is 13.2 Å². The molecule has 1 heterocycles. The van der Waals surface area contributed by atoms with Crippen molar-refractivity contribution in [3.8, 4) is 0 Å². The van der Waals surface area contributed by atoms with E-state index in [-0.39, 0.29) is 17.7 Å². The number of carbonyl (C=O) groups is 1. The summed E-state index contributed by atoms with van der Waals surface area (Å²) in [6.07, 6.45) is 12.4. The maximum absolute atomic E-state index is 12.2. The highest BCUT2D eigenvalue weighted by Gasteiger charge is 2.41. The molecule has 4 heteroatoms.